The maximum atomic E-state index is 12.2. The summed E-state index contributed by atoms with van der Waals surface area (Å²) in [4.78, 5) is 22.4. The fourth-order valence-corrected chi connectivity index (χ4v) is 2.15. The normalized spacial score (nSPS) is 10.7. The summed E-state index contributed by atoms with van der Waals surface area (Å²) in [5.41, 5.74) is 1.76. The molecule has 0 bridgehead atoms. The summed E-state index contributed by atoms with van der Waals surface area (Å²) in [6, 6.07) is 11.1. The largest absolute Gasteiger partial charge is 0.467 e. The first-order valence-corrected chi connectivity index (χ1v) is 7.89. The van der Waals surface area contributed by atoms with Gasteiger partial charge in [-0.1, -0.05) is 18.2 Å². The number of nitrogens with zero attached hydrogens (tertiary/aromatic N) is 1. The van der Waals surface area contributed by atoms with Gasteiger partial charge in [-0.25, -0.2) is 4.79 Å². The van der Waals surface area contributed by atoms with Crippen molar-refractivity contribution in [3.05, 3.63) is 69.3 Å². The monoisotopic (exact) mass is 373 g/mol. The molecular formula is C19H19NO7. The van der Waals surface area contributed by atoms with Crippen LogP contribution in [0.1, 0.15) is 21.5 Å². The number of rotatable bonds is 9. The minimum Gasteiger partial charge on any atom is -0.467 e. The Balaban J connectivity index is 2.22. The van der Waals surface area contributed by atoms with Crippen LogP contribution in [-0.4, -0.2) is 38.7 Å². The van der Waals surface area contributed by atoms with Crippen LogP contribution in [0.2, 0.25) is 0 Å². The molecule has 8 heteroatoms. The first kappa shape index (κ1) is 20.1. The van der Waals surface area contributed by atoms with Crippen molar-refractivity contribution in [3.8, 4) is 5.75 Å². The number of methoxy groups -OCH3 is 2. The van der Waals surface area contributed by atoms with Gasteiger partial charge in [0, 0.05) is 26.4 Å². The van der Waals surface area contributed by atoms with E-state index < -0.39 is 10.9 Å². The van der Waals surface area contributed by atoms with Crippen molar-refractivity contribution in [2.75, 3.05) is 27.8 Å². The summed E-state index contributed by atoms with van der Waals surface area (Å²) < 4.78 is 20.0. The van der Waals surface area contributed by atoms with Crippen LogP contribution in [0.4, 0.5) is 5.69 Å². The molecule has 0 N–H and O–H groups in total. The van der Waals surface area contributed by atoms with E-state index in [9.17, 15) is 14.9 Å². The maximum Gasteiger partial charge on any atom is 0.344 e. The highest BCUT2D eigenvalue weighted by Gasteiger charge is 2.15. The second-order valence-electron chi connectivity index (χ2n) is 5.33. The van der Waals surface area contributed by atoms with Crippen molar-refractivity contribution in [2.45, 2.75) is 0 Å². The number of hydrogen-bond donors (Lipinski definition) is 0. The van der Waals surface area contributed by atoms with Crippen LogP contribution in [0.3, 0.4) is 0 Å². The van der Waals surface area contributed by atoms with Crippen molar-refractivity contribution in [2.24, 2.45) is 0 Å². The SMILES string of the molecule is COCOC(=O)c1cc(C=Cc2ccc([N+](=O)[O-])cc2)ccc1OCOC. The Kier molecular flexibility index (Phi) is 7.48. The van der Waals surface area contributed by atoms with E-state index in [0.29, 0.717) is 5.75 Å². The lowest BCUT2D eigenvalue weighted by Gasteiger charge is -2.11. The van der Waals surface area contributed by atoms with Crippen LogP contribution in [0.25, 0.3) is 12.2 Å². The third-order valence-corrected chi connectivity index (χ3v) is 3.44. The van der Waals surface area contributed by atoms with E-state index in [0.717, 1.165) is 11.1 Å². The molecule has 2 rings (SSSR count). The first-order valence-electron chi connectivity index (χ1n) is 7.89. The molecule has 0 aliphatic carbocycles. The Hall–Kier alpha value is -3.23. The highest BCUT2D eigenvalue weighted by atomic mass is 16.7. The molecule has 8 nitrogen and oxygen atoms in total. The lowest BCUT2D eigenvalue weighted by atomic mass is 10.1. The molecule has 0 saturated heterocycles. The number of non-ortho nitro benzene ring substituents is 1. The summed E-state index contributed by atoms with van der Waals surface area (Å²) >= 11 is 0. The molecule has 142 valence electrons. The summed E-state index contributed by atoms with van der Waals surface area (Å²) in [5, 5.41) is 10.7. The third kappa shape index (κ3) is 5.91. The van der Waals surface area contributed by atoms with Gasteiger partial charge >= 0.3 is 5.97 Å². The number of nitro groups is 1. The quantitative estimate of drug-likeness (QED) is 0.218. The van der Waals surface area contributed by atoms with Crippen LogP contribution in [-0.2, 0) is 14.2 Å². The number of hydrogen-bond acceptors (Lipinski definition) is 7. The zero-order chi connectivity index (χ0) is 19.6. The Morgan fingerprint density at radius 3 is 2.26 bits per heavy atom. The number of ether oxygens (including phenoxy) is 4. The summed E-state index contributed by atoms with van der Waals surface area (Å²) in [7, 11) is 2.89. The van der Waals surface area contributed by atoms with Crippen LogP contribution < -0.4 is 4.74 Å². The van der Waals surface area contributed by atoms with Crippen molar-refractivity contribution >= 4 is 23.8 Å². The molecule has 2 aromatic carbocycles. The van der Waals surface area contributed by atoms with E-state index in [-0.39, 0.29) is 24.8 Å². The van der Waals surface area contributed by atoms with E-state index >= 15 is 0 Å². The number of benzene rings is 2. The molecule has 0 aliphatic heterocycles. The molecule has 0 heterocycles. The molecule has 2 aromatic rings. The van der Waals surface area contributed by atoms with E-state index in [4.69, 9.17) is 18.9 Å². The molecule has 0 spiro atoms. The Bertz CT molecular complexity index is 815. The number of nitro benzene ring substituents is 1. The van der Waals surface area contributed by atoms with Gasteiger partial charge in [-0.2, -0.15) is 0 Å². The molecule has 0 aromatic heterocycles. The van der Waals surface area contributed by atoms with Gasteiger partial charge in [0.1, 0.15) is 11.3 Å². The summed E-state index contributed by atoms with van der Waals surface area (Å²) in [6.07, 6.45) is 3.55. The minimum absolute atomic E-state index is 0.0114. The Morgan fingerprint density at radius 2 is 1.63 bits per heavy atom. The zero-order valence-corrected chi connectivity index (χ0v) is 14.9. The van der Waals surface area contributed by atoms with Gasteiger partial charge in [-0.3, -0.25) is 10.1 Å². The molecule has 27 heavy (non-hydrogen) atoms. The molecule has 0 unspecified atom stereocenters. The van der Waals surface area contributed by atoms with Gasteiger partial charge in [0.05, 0.1) is 4.92 Å². The van der Waals surface area contributed by atoms with E-state index in [1.54, 1.807) is 42.5 Å². The second-order valence-corrected chi connectivity index (χ2v) is 5.33. The van der Waals surface area contributed by atoms with Gasteiger partial charge < -0.3 is 18.9 Å². The topological polar surface area (TPSA) is 97.1 Å². The molecule has 0 atom stereocenters. The van der Waals surface area contributed by atoms with Gasteiger partial charge in [-0.15, -0.1) is 0 Å². The van der Waals surface area contributed by atoms with Crippen LogP contribution in [0.15, 0.2) is 42.5 Å². The molecular weight excluding hydrogens is 354 g/mol. The number of carbonyl (C=O) groups excluding carboxylic acids is 1. The van der Waals surface area contributed by atoms with Gasteiger partial charge in [0.15, 0.2) is 13.6 Å². The summed E-state index contributed by atoms with van der Waals surface area (Å²) in [6.45, 7) is -0.187. The lowest BCUT2D eigenvalue weighted by molar-refractivity contribution is -0.384. The van der Waals surface area contributed by atoms with Crippen LogP contribution >= 0.6 is 0 Å². The smallest absolute Gasteiger partial charge is 0.344 e. The average Bonchev–Trinajstić information content (AvgIpc) is 2.69. The van der Waals surface area contributed by atoms with E-state index in [1.807, 2.05) is 0 Å². The van der Waals surface area contributed by atoms with Gasteiger partial charge in [-0.05, 0) is 35.4 Å². The highest BCUT2D eigenvalue weighted by Crippen LogP contribution is 2.23. The average molecular weight is 373 g/mol. The van der Waals surface area contributed by atoms with E-state index in [2.05, 4.69) is 0 Å². The minimum atomic E-state index is -0.589. The number of carbonyl (C=O) groups is 1. The van der Waals surface area contributed by atoms with Crippen molar-refractivity contribution in [1.82, 2.24) is 0 Å². The fourth-order valence-electron chi connectivity index (χ4n) is 2.15. The molecule has 0 aliphatic rings. The predicted molar refractivity (Wildman–Crippen MR) is 98.3 cm³/mol. The van der Waals surface area contributed by atoms with Crippen molar-refractivity contribution in [1.29, 1.82) is 0 Å². The Morgan fingerprint density at radius 1 is 1.00 bits per heavy atom. The highest BCUT2D eigenvalue weighted by molar-refractivity contribution is 5.93. The lowest BCUT2D eigenvalue weighted by Crippen LogP contribution is -2.11. The number of esters is 1. The standard InChI is InChI=1S/C19H19NO7/c1-24-12-26-18-10-7-15(11-17(18)19(21)27-13-25-2)4-3-14-5-8-16(9-6-14)20(22)23/h3-11H,12-13H2,1-2H3. The van der Waals surface area contributed by atoms with Crippen LogP contribution in [0.5, 0.6) is 5.75 Å². The van der Waals surface area contributed by atoms with Crippen molar-refractivity contribution in [3.63, 3.8) is 0 Å². The first-order chi connectivity index (χ1) is 13.0. The Labute approximate surface area is 156 Å². The maximum absolute atomic E-state index is 12.2. The van der Waals surface area contributed by atoms with Gasteiger partial charge in [0.2, 0.25) is 0 Å². The third-order valence-electron chi connectivity index (χ3n) is 3.44. The fraction of sp³-hybridized carbons (Fsp3) is 0.211. The van der Waals surface area contributed by atoms with E-state index in [1.165, 1.54) is 26.4 Å². The molecule has 0 saturated carbocycles. The second kappa shape index (κ2) is 10.0. The summed E-state index contributed by atoms with van der Waals surface area (Å²) in [5.74, 6) is -0.265. The van der Waals surface area contributed by atoms with Crippen molar-refractivity contribution < 1.29 is 28.7 Å². The van der Waals surface area contributed by atoms with Gasteiger partial charge in [0.25, 0.3) is 5.69 Å². The molecule has 0 fully saturated rings. The molecule has 0 radical (unpaired) electrons. The van der Waals surface area contributed by atoms with Crippen LogP contribution in [0, 0.1) is 10.1 Å². The predicted octanol–water partition coefficient (Wildman–Crippen LogP) is 3.51. The zero-order valence-electron chi connectivity index (χ0n) is 14.9. The molecule has 0 amide bonds.